The van der Waals surface area contributed by atoms with Gasteiger partial charge in [0.2, 0.25) is 0 Å². The molecule has 0 aliphatic rings. The molecule has 0 fully saturated rings. The summed E-state index contributed by atoms with van der Waals surface area (Å²) in [6, 6.07) is 15.6. The Hall–Kier alpha value is -1.48. The van der Waals surface area contributed by atoms with Crippen LogP contribution in [0.4, 0.5) is 0 Å². The van der Waals surface area contributed by atoms with Crippen LogP contribution in [0.25, 0.3) is 22.6 Å². The van der Waals surface area contributed by atoms with Gasteiger partial charge in [-0.2, -0.15) is 0 Å². The molecule has 0 bridgehead atoms. The van der Waals surface area contributed by atoms with Crippen molar-refractivity contribution in [2.24, 2.45) is 0 Å². The van der Waals surface area contributed by atoms with E-state index in [1.54, 1.807) is 18.6 Å². The maximum Gasteiger partial charge on any atom is 2.00 e. The van der Waals surface area contributed by atoms with Gasteiger partial charge in [0, 0.05) is 24.2 Å². The summed E-state index contributed by atoms with van der Waals surface area (Å²) in [5, 5.41) is 0. The molecule has 0 saturated heterocycles. The van der Waals surface area contributed by atoms with Crippen molar-refractivity contribution in [3.8, 4) is 22.6 Å². The second kappa shape index (κ2) is 9.46. The molecule has 0 aliphatic carbocycles. The number of pyridine rings is 3. The first kappa shape index (κ1) is 19.5. The van der Waals surface area contributed by atoms with Gasteiger partial charge in [0.1, 0.15) is 0 Å². The molecule has 6 heteroatoms. The van der Waals surface area contributed by atoms with Crippen LogP contribution in [0.2, 0.25) is 0 Å². The third kappa shape index (κ3) is 4.50. The summed E-state index contributed by atoms with van der Waals surface area (Å²) in [5.74, 6) is 0. The summed E-state index contributed by atoms with van der Waals surface area (Å²) in [4.78, 5) is 13.1. The van der Waals surface area contributed by atoms with Crippen LogP contribution in [0.1, 0.15) is 0 Å². The van der Waals surface area contributed by atoms with Crippen LogP contribution in [0.5, 0.6) is 0 Å². The molecule has 0 atom stereocenters. The summed E-state index contributed by atoms with van der Waals surface area (Å²) in [6.07, 6.45) is 5.33. The normalized spacial score (nSPS) is 8.76. The average molecular weight is 363 g/mol. The number of nitrogens with zero attached hydrogens (tertiary/aromatic N) is 3. The minimum Gasteiger partial charge on any atom is -1.00 e. The van der Waals surface area contributed by atoms with Gasteiger partial charge in [0.15, 0.2) is 0 Å². The molecular formula is C15H11Cl2N3Ni. The molecule has 0 amide bonds. The molecule has 0 spiro atoms. The van der Waals surface area contributed by atoms with E-state index < -0.39 is 0 Å². The van der Waals surface area contributed by atoms with E-state index in [0.29, 0.717) is 0 Å². The summed E-state index contributed by atoms with van der Waals surface area (Å²) in [7, 11) is 0. The Morgan fingerprint density at radius 2 is 1.14 bits per heavy atom. The SMILES string of the molecule is [Cl-].[Cl-].[Ni+2].c1ccc(-c2cccnc2-c2ccccn2)nc1. The van der Waals surface area contributed by atoms with E-state index in [4.69, 9.17) is 0 Å². The maximum absolute atomic E-state index is 4.42. The van der Waals surface area contributed by atoms with Crippen LogP contribution < -0.4 is 24.8 Å². The summed E-state index contributed by atoms with van der Waals surface area (Å²) < 4.78 is 0. The van der Waals surface area contributed by atoms with Crippen molar-refractivity contribution in [3.05, 3.63) is 67.1 Å². The fourth-order valence-electron chi connectivity index (χ4n) is 1.84. The monoisotopic (exact) mass is 361 g/mol. The van der Waals surface area contributed by atoms with E-state index in [0.717, 1.165) is 22.6 Å². The average Bonchev–Trinajstić information content (AvgIpc) is 2.49. The van der Waals surface area contributed by atoms with E-state index in [1.165, 1.54) is 0 Å². The minimum absolute atomic E-state index is 0. The van der Waals surface area contributed by atoms with Gasteiger partial charge < -0.3 is 24.8 Å². The number of aromatic nitrogens is 3. The van der Waals surface area contributed by atoms with Crippen molar-refractivity contribution < 1.29 is 41.3 Å². The first-order chi connectivity index (χ1) is 8.95. The van der Waals surface area contributed by atoms with Crippen LogP contribution >= 0.6 is 0 Å². The second-order valence-electron chi connectivity index (χ2n) is 3.83. The topological polar surface area (TPSA) is 38.7 Å². The van der Waals surface area contributed by atoms with Crippen LogP contribution in [-0.2, 0) is 16.5 Å². The van der Waals surface area contributed by atoms with Crippen LogP contribution in [0.3, 0.4) is 0 Å². The zero-order chi connectivity index (χ0) is 12.2. The van der Waals surface area contributed by atoms with E-state index in [2.05, 4.69) is 15.0 Å². The van der Waals surface area contributed by atoms with Crippen LogP contribution in [0, 0.1) is 0 Å². The third-order valence-electron chi connectivity index (χ3n) is 2.66. The fraction of sp³-hybridized carbons (Fsp3) is 0. The van der Waals surface area contributed by atoms with Gasteiger partial charge in [-0.15, -0.1) is 0 Å². The van der Waals surface area contributed by atoms with Gasteiger partial charge in [0.25, 0.3) is 0 Å². The zero-order valence-electron chi connectivity index (χ0n) is 10.8. The van der Waals surface area contributed by atoms with Crippen molar-refractivity contribution in [2.75, 3.05) is 0 Å². The van der Waals surface area contributed by atoms with Gasteiger partial charge in [-0.05, 0) is 36.4 Å². The largest absolute Gasteiger partial charge is 2.00 e. The van der Waals surface area contributed by atoms with Gasteiger partial charge >= 0.3 is 16.5 Å². The second-order valence-corrected chi connectivity index (χ2v) is 3.83. The van der Waals surface area contributed by atoms with Crippen molar-refractivity contribution >= 4 is 0 Å². The van der Waals surface area contributed by atoms with Crippen molar-refractivity contribution in [3.63, 3.8) is 0 Å². The summed E-state index contributed by atoms with van der Waals surface area (Å²) in [6.45, 7) is 0. The standard InChI is InChI=1S/C15H11N3.2ClH.Ni/c1-3-9-16-13(7-1)12-6-5-11-18-15(12)14-8-2-4-10-17-14;;;/h1-11H;2*1H;/q;;;+2/p-2. The molecule has 0 N–H and O–H groups in total. The molecular weight excluding hydrogens is 352 g/mol. The first-order valence-electron chi connectivity index (χ1n) is 5.73. The Balaban J connectivity index is 0.00000133. The van der Waals surface area contributed by atoms with E-state index >= 15 is 0 Å². The minimum atomic E-state index is 0. The first-order valence-corrected chi connectivity index (χ1v) is 5.73. The Morgan fingerprint density at radius 1 is 0.571 bits per heavy atom. The quantitative estimate of drug-likeness (QED) is 0.463. The Bertz CT molecular complexity index is 593. The molecule has 0 aromatic carbocycles. The molecule has 3 heterocycles. The van der Waals surface area contributed by atoms with Crippen molar-refractivity contribution in [1.29, 1.82) is 0 Å². The van der Waals surface area contributed by atoms with Crippen molar-refractivity contribution in [2.45, 2.75) is 0 Å². The van der Waals surface area contributed by atoms with Gasteiger partial charge in [-0.25, -0.2) is 0 Å². The Morgan fingerprint density at radius 3 is 1.71 bits per heavy atom. The molecule has 0 radical (unpaired) electrons. The molecule has 3 aromatic heterocycles. The summed E-state index contributed by atoms with van der Waals surface area (Å²) in [5.41, 5.74) is 3.62. The van der Waals surface area contributed by atoms with Crippen LogP contribution in [-0.4, -0.2) is 15.0 Å². The third-order valence-corrected chi connectivity index (χ3v) is 2.66. The van der Waals surface area contributed by atoms with Gasteiger partial charge in [-0.1, -0.05) is 12.1 Å². The van der Waals surface area contributed by atoms with E-state index in [9.17, 15) is 0 Å². The van der Waals surface area contributed by atoms with Crippen LogP contribution in [0.15, 0.2) is 67.1 Å². The Labute approximate surface area is 146 Å². The predicted octanol–water partition coefficient (Wildman–Crippen LogP) is -2.79. The zero-order valence-corrected chi connectivity index (χ0v) is 13.3. The Kier molecular flexibility index (Phi) is 8.79. The van der Waals surface area contributed by atoms with E-state index in [-0.39, 0.29) is 41.3 Å². The number of halogens is 2. The molecule has 0 unspecified atom stereocenters. The molecule has 21 heavy (non-hydrogen) atoms. The molecule has 3 rings (SSSR count). The van der Waals surface area contributed by atoms with E-state index in [1.807, 2.05) is 48.5 Å². The molecule has 0 saturated carbocycles. The number of rotatable bonds is 2. The molecule has 3 aromatic rings. The fourth-order valence-corrected chi connectivity index (χ4v) is 1.84. The number of hydrogen-bond donors (Lipinski definition) is 0. The molecule has 0 aliphatic heterocycles. The molecule has 3 nitrogen and oxygen atoms in total. The number of hydrogen-bond acceptors (Lipinski definition) is 3. The maximum atomic E-state index is 4.42. The van der Waals surface area contributed by atoms with Crippen molar-refractivity contribution in [1.82, 2.24) is 15.0 Å². The smallest absolute Gasteiger partial charge is 1.00 e. The summed E-state index contributed by atoms with van der Waals surface area (Å²) >= 11 is 0. The van der Waals surface area contributed by atoms with Gasteiger partial charge in [0.05, 0.1) is 17.1 Å². The predicted molar refractivity (Wildman–Crippen MR) is 70.7 cm³/mol. The molecule has 110 valence electrons. The van der Waals surface area contributed by atoms with Gasteiger partial charge in [-0.3, -0.25) is 15.0 Å².